The fourth-order valence-corrected chi connectivity index (χ4v) is 3.24. The third kappa shape index (κ3) is 5.61. The molecule has 0 saturated heterocycles. The molecule has 172 valence electrons. The van der Waals surface area contributed by atoms with Crippen LogP contribution < -0.4 is 0 Å². The van der Waals surface area contributed by atoms with E-state index in [2.05, 4.69) is 62.9 Å². The smallest absolute Gasteiger partial charge is 0.155 e. The summed E-state index contributed by atoms with van der Waals surface area (Å²) in [6, 6.07) is 21.8. The van der Waals surface area contributed by atoms with Crippen molar-refractivity contribution in [3.8, 4) is 23.7 Å². The molecule has 0 fully saturated rings. The van der Waals surface area contributed by atoms with E-state index in [9.17, 15) is 4.39 Å². The Morgan fingerprint density at radius 3 is 1.47 bits per heavy atom. The molecule has 6 aromatic rings. The molecule has 36 heavy (non-hydrogen) atoms. The van der Waals surface area contributed by atoms with E-state index in [4.69, 9.17) is 0 Å². The van der Waals surface area contributed by atoms with Gasteiger partial charge in [0.25, 0.3) is 0 Å². The molecule has 0 aliphatic heterocycles. The highest BCUT2D eigenvalue weighted by atomic mass is 19.1. The highest BCUT2D eigenvalue weighted by Gasteiger charge is 1.96. The number of rotatable bonds is 0. The van der Waals surface area contributed by atoms with Gasteiger partial charge in [0.15, 0.2) is 11.3 Å². The molecule has 0 unspecified atom stereocenters. The molecule has 6 nitrogen and oxygen atoms in total. The number of fused-ring (bicyclic) bond motifs is 2. The Morgan fingerprint density at radius 2 is 0.972 bits per heavy atom. The molecule has 0 N–H and O–H groups in total. The van der Waals surface area contributed by atoms with E-state index in [1.54, 1.807) is 27.4 Å². The Morgan fingerprint density at radius 1 is 0.556 bits per heavy atom. The number of hydrogen-bond acceptors (Lipinski definition) is 4. The summed E-state index contributed by atoms with van der Waals surface area (Å²) in [5, 5.41) is 8.12. The summed E-state index contributed by atoms with van der Waals surface area (Å²) >= 11 is 0. The summed E-state index contributed by atoms with van der Waals surface area (Å²) in [4.78, 5) is 8.14. The molecule has 0 bridgehead atoms. The number of benzene rings is 2. The van der Waals surface area contributed by atoms with Gasteiger partial charge in [-0.25, -0.2) is 23.4 Å². The Balaban J connectivity index is 0.000000148. The van der Waals surface area contributed by atoms with Crippen LogP contribution in [0.4, 0.5) is 4.39 Å². The Bertz CT molecular complexity index is 1620. The molecule has 0 amide bonds. The molecule has 6 rings (SSSR count). The molecule has 4 aromatic heterocycles. The van der Waals surface area contributed by atoms with Crippen LogP contribution in [0.15, 0.2) is 97.8 Å². The predicted octanol–water partition coefficient (Wildman–Crippen LogP) is 4.71. The molecule has 0 radical (unpaired) electrons. The van der Waals surface area contributed by atoms with E-state index < -0.39 is 0 Å². The first-order valence-corrected chi connectivity index (χ1v) is 11.1. The van der Waals surface area contributed by atoms with E-state index in [1.165, 1.54) is 30.4 Å². The molecule has 0 aliphatic rings. The summed E-state index contributed by atoms with van der Waals surface area (Å²) in [5.74, 6) is 12.0. The van der Waals surface area contributed by atoms with Gasteiger partial charge in [-0.2, -0.15) is 10.2 Å². The van der Waals surface area contributed by atoms with Crippen LogP contribution in [-0.2, 0) is 0 Å². The lowest BCUT2D eigenvalue weighted by atomic mass is 10.1. The summed E-state index contributed by atoms with van der Waals surface area (Å²) in [5.41, 5.74) is 6.39. The van der Waals surface area contributed by atoms with Crippen LogP contribution in [-0.4, -0.2) is 29.2 Å². The molecule has 7 heteroatoms. The van der Waals surface area contributed by atoms with Gasteiger partial charge in [-0.15, -0.1) is 0 Å². The first kappa shape index (κ1) is 22.5. The number of nitrogens with zero attached hydrogens (tertiary/aromatic N) is 6. The highest BCUT2D eigenvalue weighted by Crippen LogP contribution is 2.05. The van der Waals surface area contributed by atoms with E-state index in [1.807, 2.05) is 42.6 Å². The SMILES string of the molecule is Cc1ccc(C#Cc2ccc3ncnn3c2)cc1.Fc1ccc(C#Cc2ccc3ncnn3c2)cc1. The quantitative estimate of drug-likeness (QED) is 0.302. The van der Waals surface area contributed by atoms with Crippen molar-refractivity contribution in [3.05, 3.63) is 131 Å². The monoisotopic (exact) mass is 470 g/mol. The van der Waals surface area contributed by atoms with Gasteiger partial charge >= 0.3 is 0 Å². The van der Waals surface area contributed by atoms with Gasteiger partial charge < -0.3 is 0 Å². The van der Waals surface area contributed by atoms with Crippen LogP contribution in [0, 0.1) is 36.4 Å². The fraction of sp³-hybridized carbons (Fsp3) is 0.0345. The van der Waals surface area contributed by atoms with Gasteiger partial charge in [0, 0.05) is 34.6 Å². The van der Waals surface area contributed by atoms with Crippen molar-refractivity contribution in [1.82, 2.24) is 29.2 Å². The second-order valence-electron chi connectivity index (χ2n) is 7.83. The van der Waals surface area contributed by atoms with E-state index in [-0.39, 0.29) is 5.82 Å². The third-order valence-corrected chi connectivity index (χ3v) is 5.15. The van der Waals surface area contributed by atoms with Crippen molar-refractivity contribution in [2.24, 2.45) is 0 Å². The normalized spacial score (nSPS) is 10.1. The van der Waals surface area contributed by atoms with Crippen LogP contribution >= 0.6 is 0 Å². The number of aryl methyl sites for hydroxylation is 1. The van der Waals surface area contributed by atoms with Crippen molar-refractivity contribution >= 4 is 11.3 Å². The summed E-state index contributed by atoms with van der Waals surface area (Å²) in [7, 11) is 0. The van der Waals surface area contributed by atoms with Gasteiger partial charge in [0.05, 0.1) is 0 Å². The molecule has 4 heterocycles. The maximum Gasteiger partial charge on any atom is 0.155 e. The number of aromatic nitrogens is 6. The predicted molar refractivity (Wildman–Crippen MR) is 136 cm³/mol. The van der Waals surface area contributed by atoms with Crippen LogP contribution in [0.25, 0.3) is 11.3 Å². The second kappa shape index (κ2) is 10.3. The maximum absolute atomic E-state index is 12.7. The number of hydrogen-bond donors (Lipinski definition) is 0. The molecule has 2 aromatic carbocycles. The van der Waals surface area contributed by atoms with E-state index >= 15 is 0 Å². The summed E-state index contributed by atoms with van der Waals surface area (Å²) in [6.45, 7) is 2.07. The lowest BCUT2D eigenvalue weighted by Gasteiger charge is -1.93. The summed E-state index contributed by atoms with van der Waals surface area (Å²) < 4.78 is 16.1. The average molecular weight is 471 g/mol. The number of halogens is 1. The van der Waals surface area contributed by atoms with Gasteiger partial charge in [-0.1, -0.05) is 41.4 Å². The molecule has 0 atom stereocenters. The van der Waals surface area contributed by atoms with Crippen LogP contribution in [0.5, 0.6) is 0 Å². The zero-order valence-electron chi connectivity index (χ0n) is 19.3. The van der Waals surface area contributed by atoms with Crippen molar-refractivity contribution < 1.29 is 4.39 Å². The Kier molecular flexibility index (Phi) is 6.46. The van der Waals surface area contributed by atoms with Crippen molar-refractivity contribution in [3.63, 3.8) is 0 Å². The van der Waals surface area contributed by atoms with Gasteiger partial charge in [0.2, 0.25) is 0 Å². The largest absolute Gasteiger partial charge is 0.220 e. The fourth-order valence-electron chi connectivity index (χ4n) is 3.24. The molecular formula is C29H19FN6. The standard InChI is InChI=1S/C15H11N3.C14H8FN3/c1-12-2-4-13(5-3-12)6-7-14-8-9-15-16-11-17-18(15)10-14;15-13-6-3-11(4-7-13)1-2-12-5-8-14-16-10-17-18(14)9-12/h2-5,8-11H,1H3;3-10H. The van der Waals surface area contributed by atoms with Crippen molar-refractivity contribution in [1.29, 1.82) is 0 Å². The lowest BCUT2D eigenvalue weighted by Crippen LogP contribution is -1.88. The Hall–Kier alpha value is -5.27. The van der Waals surface area contributed by atoms with Crippen LogP contribution in [0.2, 0.25) is 0 Å². The zero-order chi connectivity index (χ0) is 24.7. The topological polar surface area (TPSA) is 60.4 Å². The molecule has 0 saturated carbocycles. The highest BCUT2D eigenvalue weighted by molar-refractivity contribution is 5.47. The van der Waals surface area contributed by atoms with Crippen molar-refractivity contribution in [2.75, 3.05) is 0 Å². The average Bonchev–Trinajstić information content (AvgIpc) is 3.57. The first-order valence-electron chi connectivity index (χ1n) is 11.1. The van der Waals surface area contributed by atoms with Crippen molar-refractivity contribution in [2.45, 2.75) is 6.92 Å². The second-order valence-corrected chi connectivity index (χ2v) is 7.83. The Labute approximate surface area is 207 Å². The number of pyridine rings is 2. The first-order chi connectivity index (χ1) is 17.6. The molecular weight excluding hydrogens is 451 g/mol. The maximum atomic E-state index is 12.7. The minimum atomic E-state index is -0.260. The lowest BCUT2D eigenvalue weighted by molar-refractivity contribution is 0.627. The van der Waals surface area contributed by atoms with E-state index in [0.717, 1.165) is 33.5 Å². The molecule has 0 aliphatic carbocycles. The van der Waals surface area contributed by atoms with Gasteiger partial charge in [-0.3, -0.25) is 0 Å². The molecule has 0 spiro atoms. The third-order valence-electron chi connectivity index (χ3n) is 5.15. The van der Waals surface area contributed by atoms with E-state index in [0.29, 0.717) is 0 Å². The van der Waals surface area contributed by atoms with Gasteiger partial charge in [0.1, 0.15) is 18.5 Å². The van der Waals surface area contributed by atoms with Crippen LogP contribution in [0.1, 0.15) is 27.8 Å². The minimum absolute atomic E-state index is 0.260. The van der Waals surface area contributed by atoms with Gasteiger partial charge in [-0.05, 0) is 67.6 Å². The minimum Gasteiger partial charge on any atom is -0.220 e. The van der Waals surface area contributed by atoms with Crippen LogP contribution in [0.3, 0.4) is 0 Å². The summed E-state index contributed by atoms with van der Waals surface area (Å²) in [6.07, 6.45) is 6.71. The zero-order valence-corrected chi connectivity index (χ0v) is 19.3.